The van der Waals surface area contributed by atoms with Crippen molar-refractivity contribution in [2.75, 3.05) is 5.32 Å². The fraction of sp³-hybridized carbons (Fsp3) is 0.615. The lowest BCUT2D eigenvalue weighted by molar-refractivity contribution is 0.0691. The minimum Gasteiger partial charge on any atom is -0.476 e. The van der Waals surface area contributed by atoms with Gasteiger partial charge in [-0.2, -0.15) is 0 Å². The van der Waals surface area contributed by atoms with Crippen LogP contribution in [0.2, 0.25) is 0 Å². The number of carbonyl (C=O) groups is 1. The Morgan fingerprint density at radius 3 is 2.61 bits per heavy atom. The van der Waals surface area contributed by atoms with E-state index in [-0.39, 0.29) is 17.0 Å². The molecule has 0 saturated heterocycles. The SMILES string of the molecule is CC(C)c1ncc(NC2CC2(C)C)c(C(=O)O)n1. The van der Waals surface area contributed by atoms with Crippen LogP contribution in [0.3, 0.4) is 0 Å². The molecule has 1 aromatic heterocycles. The van der Waals surface area contributed by atoms with Crippen LogP contribution in [0.4, 0.5) is 5.69 Å². The maximum atomic E-state index is 11.2. The van der Waals surface area contributed by atoms with Gasteiger partial charge in [-0.05, 0) is 11.8 Å². The molecule has 5 heteroatoms. The zero-order chi connectivity index (χ0) is 13.5. The van der Waals surface area contributed by atoms with Gasteiger partial charge in [-0.3, -0.25) is 0 Å². The van der Waals surface area contributed by atoms with Gasteiger partial charge in [0.15, 0.2) is 5.69 Å². The molecule has 18 heavy (non-hydrogen) atoms. The van der Waals surface area contributed by atoms with Crippen molar-refractivity contribution >= 4 is 11.7 Å². The average molecular weight is 249 g/mol. The normalized spacial score (nSPS) is 20.8. The number of hydrogen-bond donors (Lipinski definition) is 2. The summed E-state index contributed by atoms with van der Waals surface area (Å²) in [6.45, 7) is 8.18. The standard InChI is InChI=1S/C13H19N3O2/c1-7(2)11-14-6-8(10(16-11)12(17)18)15-9-5-13(9,3)4/h6-7,9,15H,5H2,1-4H3,(H,17,18). The summed E-state index contributed by atoms with van der Waals surface area (Å²) in [5.74, 6) is -0.331. The molecular formula is C13H19N3O2. The summed E-state index contributed by atoms with van der Waals surface area (Å²) in [5, 5.41) is 12.4. The molecule has 0 bridgehead atoms. The molecular weight excluding hydrogens is 230 g/mol. The molecule has 0 amide bonds. The minimum atomic E-state index is -1.01. The van der Waals surface area contributed by atoms with E-state index in [0.29, 0.717) is 17.6 Å². The van der Waals surface area contributed by atoms with Gasteiger partial charge < -0.3 is 10.4 Å². The number of anilines is 1. The first kappa shape index (κ1) is 12.8. The molecule has 1 saturated carbocycles. The number of nitrogens with zero attached hydrogens (tertiary/aromatic N) is 2. The van der Waals surface area contributed by atoms with E-state index in [1.54, 1.807) is 6.20 Å². The second kappa shape index (κ2) is 4.23. The number of nitrogens with one attached hydrogen (secondary N) is 1. The average Bonchev–Trinajstić information content (AvgIpc) is 2.85. The molecule has 0 radical (unpaired) electrons. The van der Waals surface area contributed by atoms with Gasteiger partial charge >= 0.3 is 5.97 Å². The van der Waals surface area contributed by atoms with Crippen molar-refractivity contribution in [2.24, 2.45) is 5.41 Å². The molecule has 1 heterocycles. The largest absolute Gasteiger partial charge is 0.476 e. The Bertz CT molecular complexity index is 483. The molecule has 0 aromatic carbocycles. The summed E-state index contributed by atoms with van der Waals surface area (Å²) >= 11 is 0. The third-order valence-corrected chi connectivity index (χ3v) is 3.37. The van der Waals surface area contributed by atoms with Crippen LogP contribution < -0.4 is 5.32 Å². The fourth-order valence-corrected chi connectivity index (χ4v) is 1.84. The lowest BCUT2D eigenvalue weighted by Gasteiger charge is -2.12. The van der Waals surface area contributed by atoms with Crippen molar-refractivity contribution in [3.8, 4) is 0 Å². The summed E-state index contributed by atoms with van der Waals surface area (Å²) in [7, 11) is 0. The smallest absolute Gasteiger partial charge is 0.356 e. The van der Waals surface area contributed by atoms with Crippen LogP contribution >= 0.6 is 0 Å². The lowest BCUT2D eigenvalue weighted by Crippen LogP contribution is -2.15. The van der Waals surface area contributed by atoms with Crippen LogP contribution in [0.1, 0.15) is 56.3 Å². The highest BCUT2D eigenvalue weighted by Crippen LogP contribution is 2.46. The van der Waals surface area contributed by atoms with Gasteiger partial charge in [-0.25, -0.2) is 14.8 Å². The summed E-state index contributed by atoms with van der Waals surface area (Å²) in [5.41, 5.74) is 0.811. The summed E-state index contributed by atoms with van der Waals surface area (Å²) in [4.78, 5) is 19.6. The first-order valence-corrected chi connectivity index (χ1v) is 6.18. The number of carboxylic acid groups (broad SMARTS) is 1. The summed E-state index contributed by atoms with van der Waals surface area (Å²) in [6, 6.07) is 0.309. The number of hydrogen-bond acceptors (Lipinski definition) is 4. The molecule has 0 aliphatic heterocycles. The molecule has 1 atom stereocenters. The van der Waals surface area contributed by atoms with E-state index in [4.69, 9.17) is 0 Å². The van der Waals surface area contributed by atoms with Gasteiger partial charge in [0.05, 0.1) is 11.9 Å². The van der Waals surface area contributed by atoms with E-state index < -0.39 is 5.97 Å². The number of aromatic nitrogens is 2. The van der Waals surface area contributed by atoms with Gasteiger partial charge in [0.1, 0.15) is 5.82 Å². The van der Waals surface area contributed by atoms with Crippen molar-refractivity contribution in [3.05, 3.63) is 17.7 Å². The van der Waals surface area contributed by atoms with Gasteiger partial charge in [0, 0.05) is 12.0 Å². The first-order valence-electron chi connectivity index (χ1n) is 6.18. The predicted molar refractivity (Wildman–Crippen MR) is 68.9 cm³/mol. The zero-order valence-corrected chi connectivity index (χ0v) is 11.2. The molecule has 1 aliphatic carbocycles. The van der Waals surface area contributed by atoms with Crippen molar-refractivity contribution in [1.29, 1.82) is 0 Å². The van der Waals surface area contributed by atoms with Crippen LogP contribution in [0.5, 0.6) is 0 Å². The molecule has 5 nitrogen and oxygen atoms in total. The molecule has 1 unspecified atom stereocenters. The highest BCUT2D eigenvalue weighted by Gasteiger charge is 2.46. The third-order valence-electron chi connectivity index (χ3n) is 3.37. The van der Waals surface area contributed by atoms with Crippen molar-refractivity contribution < 1.29 is 9.90 Å². The highest BCUT2D eigenvalue weighted by atomic mass is 16.4. The first-order chi connectivity index (χ1) is 8.31. The fourth-order valence-electron chi connectivity index (χ4n) is 1.84. The molecule has 98 valence electrons. The van der Waals surface area contributed by atoms with Gasteiger partial charge in [-0.15, -0.1) is 0 Å². The Morgan fingerprint density at radius 1 is 1.56 bits per heavy atom. The van der Waals surface area contributed by atoms with Crippen LogP contribution in [-0.4, -0.2) is 27.1 Å². The summed E-state index contributed by atoms with van der Waals surface area (Å²) in [6.07, 6.45) is 2.62. The number of rotatable bonds is 4. The quantitative estimate of drug-likeness (QED) is 0.857. The second-order valence-corrected chi connectivity index (χ2v) is 5.84. The molecule has 1 aromatic rings. The Morgan fingerprint density at radius 2 is 2.17 bits per heavy atom. The van der Waals surface area contributed by atoms with Crippen molar-refractivity contribution in [2.45, 2.75) is 46.1 Å². The van der Waals surface area contributed by atoms with Crippen LogP contribution in [0, 0.1) is 5.41 Å². The van der Waals surface area contributed by atoms with E-state index in [9.17, 15) is 9.90 Å². The topological polar surface area (TPSA) is 75.1 Å². The second-order valence-electron chi connectivity index (χ2n) is 5.84. The highest BCUT2D eigenvalue weighted by molar-refractivity contribution is 5.91. The molecule has 0 spiro atoms. The van der Waals surface area contributed by atoms with E-state index in [0.717, 1.165) is 6.42 Å². The van der Waals surface area contributed by atoms with E-state index in [1.165, 1.54) is 0 Å². The van der Waals surface area contributed by atoms with Crippen molar-refractivity contribution in [3.63, 3.8) is 0 Å². The van der Waals surface area contributed by atoms with Crippen LogP contribution in [-0.2, 0) is 0 Å². The van der Waals surface area contributed by atoms with Gasteiger partial charge in [-0.1, -0.05) is 27.7 Å². The zero-order valence-electron chi connectivity index (χ0n) is 11.2. The maximum Gasteiger partial charge on any atom is 0.356 e. The number of carboxylic acids is 1. The van der Waals surface area contributed by atoms with E-state index >= 15 is 0 Å². The van der Waals surface area contributed by atoms with Crippen LogP contribution in [0.15, 0.2) is 6.20 Å². The monoisotopic (exact) mass is 249 g/mol. The molecule has 2 rings (SSSR count). The summed E-state index contributed by atoms with van der Waals surface area (Å²) < 4.78 is 0. The predicted octanol–water partition coefficient (Wildman–Crippen LogP) is 2.51. The van der Waals surface area contributed by atoms with Gasteiger partial charge in [0.25, 0.3) is 0 Å². The Balaban J connectivity index is 2.27. The van der Waals surface area contributed by atoms with Gasteiger partial charge in [0.2, 0.25) is 0 Å². The maximum absolute atomic E-state index is 11.2. The Kier molecular flexibility index (Phi) is 3.00. The molecule has 1 aliphatic rings. The number of aromatic carboxylic acids is 1. The molecule has 1 fully saturated rings. The Hall–Kier alpha value is -1.65. The third kappa shape index (κ3) is 2.44. The van der Waals surface area contributed by atoms with Crippen LogP contribution in [0.25, 0.3) is 0 Å². The van der Waals surface area contributed by atoms with Crippen molar-refractivity contribution in [1.82, 2.24) is 9.97 Å². The molecule has 2 N–H and O–H groups in total. The van der Waals surface area contributed by atoms with E-state index in [1.807, 2.05) is 13.8 Å². The Labute approximate surface area is 107 Å². The van der Waals surface area contributed by atoms with E-state index in [2.05, 4.69) is 29.1 Å². The minimum absolute atomic E-state index is 0.0661. The lowest BCUT2D eigenvalue weighted by atomic mass is 10.2.